The number of carboxylic acid groups (broad SMARTS) is 1. The third kappa shape index (κ3) is 3.18. The van der Waals surface area contributed by atoms with Gasteiger partial charge in [-0.3, -0.25) is 4.79 Å². The third-order valence-corrected chi connectivity index (χ3v) is 2.86. The first-order chi connectivity index (χ1) is 8.27. The van der Waals surface area contributed by atoms with Gasteiger partial charge in [0.1, 0.15) is 5.75 Å². The van der Waals surface area contributed by atoms with E-state index in [-0.39, 0.29) is 11.3 Å². The highest BCUT2D eigenvalue weighted by Gasteiger charge is 2.35. The van der Waals surface area contributed by atoms with Gasteiger partial charge >= 0.3 is 5.97 Å². The van der Waals surface area contributed by atoms with Gasteiger partial charge in [-0.15, -0.1) is 0 Å². The number of halogens is 2. The van der Waals surface area contributed by atoms with E-state index >= 15 is 0 Å². The molecule has 0 amide bonds. The summed E-state index contributed by atoms with van der Waals surface area (Å²) in [6.45, 7) is 3.53. The SMILES string of the molecule is COc1cc(C)c(C)cc1C(F)(F)CCC(=O)O. The van der Waals surface area contributed by atoms with Crippen LogP contribution in [0.2, 0.25) is 0 Å². The Morgan fingerprint density at radius 1 is 1.33 bits per heavy atom. The molecule has 5 heteroatoms. The summed E-state index contributed by atoms with van der Waals surface area (Å²) < 4.78 is 32.8. The Balaban J connectivity index is 3.13. The van der Waals surface area contributed by atoms with Crippen LogP contribution in [-0.2, 0) is 10.7 Å². The number of ether oxygens (including phenoxy) is 1. The summed E-state index contributed by atoms with van der Waals surface area (Å²) in [4.78, 5) is 10.4. The van der Waals surface area contributed by atoms with Crippen LogP contribution in [0.3, 0.4) is 0 Å². The van der Waals surface area contributed by atoms with E-state index in [1.165, 1.54) is 13.2 Å². The molecule has 0 spiro atoms. The van der Waals surface area contributed by atoms with Crippen molar-refractivity contribution in [2.24, 2.45) is 0 Å². The molecule has 100 valence electrons. The van der Waals surface area contributed by atoms with E-state index in [0.29, 0.717) is 0 Å². The minimum Gasteiger partial charge on any atom is -0.496 e. The molecule has 0 heterocycles. The molecule has 0 radical (unpaired) electrons. The predicted molar refractivity (Wildman–Crippen MR) is 63.2 cm³/mol. The lowest BCUT2D eigenvalue weighted by Gasteiger charge is -2.20. The van der Waals surface area contributed by atoms with Gasteiger partial charge in [0.25, 0.3) is 5.92 Å². The van der Waals surface area contributed by atoms with Crippen LogP contribution < -0.4 is 4.74 Å². The van der Waals surface area contributed by atoms with Crippen molar-refractivity contribution in [3.63, 3.8) is 0 Å². The molecule has 0 aliphatic carbocycles. The molecule has 0 atom stereocenters. The van der Waals surface area contributed by atoms with Crippen LogP contribution in [0.15, 0.2) is 12.1 Å². The number of methoxy groups -OCH3 is 1. The smallest absolute Gasteiger partial charge is 0.303 e. The van der Waals surface area contributed by atoms with Crippen molar-refractivity contribution in [1.82, 2.24) is 0 Å². The van der Waals surface area contributed by atoms with Crippen molar-refractivity contribution in [2.75, 3.05) is 7.11 Å². The average Bonchev–Trinajstić information content (AvgIpc) is 2.29. The highest BCUT2D eigenvalue weighted by molar-refractivity contribution is 5.66. The molecule has 1 aromatic carbocycles. The first-order valence-electron chi connectivity index (χ1n) is 5.53. The van der Waals surface area contributed by atoms with Gasteiger partial charge in [0, 0.05) is 6.42 Å². The normalized spacial score (nSPS) is 11.4. The third-order valence-electron chi connectivity index (χ3n) is 2.86. The van der Waals surface area contributed by atoms with Crippen LogP contribution in [0.5, 0.6) is 5.75 Å². The number of alkyl halides is 2. The Hall–Kier alpha value is -1.65. The topological polar surface area (TPSA) is 46.5 Å². The number of aryl methyl sites for hydroxylation is 2. The Morgan fingerprint density at radius 3 is 2.39 bits per heavy atom. The highest BCUT2D eigenvalue weighted by Crippen LogP contribution is 2.39. The minimum absolute atomic E-state index is 0.0912. The van der Waals surface area contributed by atoms with E-state index in [1.807, 2.05) is 0 Å². The lowest BCUT2D eigenvalue weighted by atomic mass is 9.98. The second-order valence-electron chi connectivity index (χ2n) is 4.23. The maximum atomic E-state index is 13.9. The van der Waals surface area contributed by atoms with Crippen molar-refractivity contribution in [1.29, 1.82) is 0 Å². The van der Waals surface area contributed by atoms with E-state index in [9.17, 15) is 13.6 Å². The van der Waals surface area contributed by atoms with E-state index in [2.05, 4.69) is 0 Å². The molecule has 1 N–H and O–H groups in total. The number of hydrogen-bond donors (Lipinski definition) is 1. The van der Waals surface area contributed by atoms with Crippen molar-refractivity contribution in [3.8, 4) is 5.75 Å². The molecule has 0 fully saturated rings. The number of carbonyl (C=O) groups is 1. The molecule has 0 aliphatic heterocycles. The van der Waals surface area contributed by atoms with Gasteiger partial charge in [-0.2, -0.15) is 0 Å². The van der Waals surface area contributed by atoms with Crippen molar-refractivity contribution in [3.05, 3.63) is 28.8 Å². The quantitative estimate of drug-likeness (QED) is 0.881. The van der Waals surface area contributed by atoms with Crippen molar-refractivity contribution in [2.45, 2.75) is 32.6 Å². The highest BCUT2D eigenvalue weighted by atomic mass is 19.3. The van der Waals surface area contributed by atoms with E-state index in [4.69, 9.17) is 9.84 Å². The molecule has 0 saturated heterocycles. The molecular formula is C13H16F2O3. The van der Waals surface area contributed by atoms with E-state index in [1.54, 1.807) is 19.9 Å². The summed E-state index contributed by atoms with van der Waals surface area (Å²) in [5.41, 5.74) is 1.32. The Morgan fingerprint density at radius 2 is 1.89 bits per heavy atom. The Kier molecular flexibility index (Phi) is 4.27. The number of benzene rings is 1. The fourth-order valence-corrected chi connectivity index (χ4v) is 1.64. The lowest BCUT2D eigenvalue weighted by Crippen LogP contribution is -2.17. The number of aliphatic carboxylic acids is 1. The molecule has 1 rings (SSSR count). The summed E-state index contributed by atoms with van der Waals surface area (Å²) >= 11 is 0. The minimum atomic E-state index is -3.21. The second-order valence-corrected chi connectivity index (χ2v) is 4.23. The molecule has 1 aromatic rings. The Labute approximate surface area is 104 Å². The Bertz CT molecular complexity index is 456. The molecule has 0 aliphatic rings. The first kappa shape index (κ1) is 14.4. The van der Waals surface area contributed by atoms with Crippen LogP contribution in [0.1, 0.15) is 29.5 Å². The summed E-state index contributed by atoms with van der Waals surface area (Å²) in [7, 11) is 1.32. The van der Waals surface area contributed by atoms with Gasteiger partial charge < -0.3 is 9.84 Å². The van der Waals surface area contributed by atoms with Crippen LogP contribution in [0, 0.1) is 13.8 Å². The monoisotopic (exact) mass is 258 g/mol. The average molecular weight is 258 g/mol. The number of hydrogen-bond acceptors (Lipinski definition) is 2. The van der Waals surface area contributed by atoms with Crippen LogP contribution in [-0.4, -0.2) is 18.2 Å². The maximum absolute atomic E-state index is 13.9. The molecule has 3 nitrogen and oxygen atoms in total. The van der Waals surface area contributed by atoms with Gasteiger partial charge in [0.05, 0.1) is 19.1 Å². The lowest BCUT2D eigenvalue weighted by molar-refractivity contribution is -0.139. The molecule has 0 aromatic heterocycles. The first-order valence-corrected chi connectivity index (χ1v) is 5.53. The zero-order chi connectivity index (χ0) is 13.9. The zero-order valence-electron chi connectivity index (χ0n) is 10.6. The fraction of sp³-hybridized carbons (Fsp3) is 0.462. The summed E-state index contributed by atoms with van der Waals surface area (Å²) in [5, 5.41) is 8.48. The van der Waals surface area contributed by atoms with Gasteiger partial charge in [0.15, 0.2) is 0 Å². The standard InChI is InChI=1S/C13H16F2O3/c1-8-6-10(11(18-3)7-9(8)2)13(14,15)5-4-12(16)17/h6-7H,4-5H2,1-3H3,(H,16,17). The predicted octanol–water partition coefficient (Wildman–Crippen LogP) is 3.27. The summed E-state index contributed by atoms with van der Waals surface area (Å²) in [5.74, 6) is -4.35. The van der Waals surface area contributed by atoms with Crippen molar-refractivity contribution >= 4 is 5.97 Å². The van der Waals surface area contributed by atoms with Crippen LogP contribution >= 0.6 is 0 Å². The van der Waals surface area contributed by atoms with Crippen LogP contribution in [0.25, 0.3) is 0 Å². The van der Waals surface area contributed by atoms with E-state index in [0.717, 1.165) is 11.1 Å². The second kappa shape index (κ2) is 5.33. The molecule has 18 heavy (non-hydrogen) atoms. The zero-order valence-corrected chi connectivity index (χ0v) is 10.6. The molecule has 0 saturated carbocycles. The van der Waals surface area contributed by atoms with Gasteiger partial charge in [0.2, 0.25) is 0 Å². The van der Waals surface area contributed by atoms with Gasteiger partial charge in [-0.1, -0.05) is 0 Å². The van der Waals surface area contributed by atoms with E-state index < -0.39 is 24.7 Å². The van der Waals surface area contributed by atoms with Gasteiger partial charge in [-0.05, 0) is 37.1 Å². The molecule has 0 bridgehead atoms. The molecular weight excluding hydrogens is 242 g/mol. The van der Waals surface area contributed by atoms with Crippen LogP contribution in [0.4, 0.5) is 8.78 Å². The summed E-state index contributed by atoms with van der Waals surface area (Å²) in [6, 6.07) is 2.90. The largest absolute Gasteiger partial charge is 0.496 e. The fourth-order valence-electron chi connectivity index (χ4n) is 1.64. The maximum Gasteiger partial charge on any atom is 0.303 e. The molecule has 0 unspecified atom stereocenters. The van der Waals surface area contributed by atoms with Crippen molar-refractivity contribution < 1.29 is 23.4 Å². The number of carboxylic acids is 1. The summed E-state index contributed by atoms with van der Waals surface area (Å²) in [6.07, 6.45) is -1.32. The van der Waals surface area contributed by atoms with Gasteiger partial charge in [-0.25, -0.2) is 8.78 Å². The number of rotatable bonds is 5.